The van der Waals surface area contributed by atoms with E-state index in [0.29, 0.717) is 10.7 Å². The van der Waals surface area contributed by atoms with Gasteiger partial charge in [-0.1, -0.05) is 23.2 Å². The molecule has 0 saturated heterocycles. The van der Waals surface area contributed by atoms with E-state index in [1.807, 2.05) is 0 Å². The SMILES string of the molecule is O=C([O-])Nc1ccc(NC(=O)c2cc(Cl)ccc2NS(=O)(=O)c2ccc(Cl)cc2)cc1. The van der Waals surface area contributed by atoms with E-state index in [-0.39, 0.29) is 26.9 Å². The quantitative estimate of drug-likeness (QED) is 0.496. The van der Waals surface area contributed by atoms with Gasteiger partial charge in [0.15, 0.2) is 0 Å². The molecule has 8 nitrogen and oxygen atoms in total. The van der Waals surface area contributed by atoms with Crippen LogP contribution in [0.5, 0.6) is 0 Å². The first kappa shape index (κ1) is 22.4. The van der Waals surface area contributed by atoms with Gasteiger partial charge in [0.2, 0.25) is 0 Å². The van der Waals surface area contributed by atoms with E-state index < -0.39 is 22.0 Å². The Morgan fingerprint density at radius 2 is 1.32 bits per heavy atom. The maximum absolute atomic E-state index is 12.8. The van der Waals surface area contributed by atoms with Crippen LogP contribution in [0.2, 0.25) is 10.0 Å². The molecule has 3 aromatic rings. The van der Waals surface area contributed by atoms with Gasteiger partial charge in [0.25, 0.3) is 15.9 Å². The highest BCUT2D eigenvalue weighted by molar-refractivity contribution is 7.92. The number of halogens is 2. The predicted octanol–water partition coefficient (Wildman–Crippen LogP) is 3.80. The van der Waals surface area contributed by atoms with Gasteiger partial charge in [-0.2, -0.15) is 0 Å². The second-order valence-electron chi connectivity index (χ2n) is 6.19. The van der Waals surface area contributed by atoms with Crippen LogP contribution >= 0.6 is 23.2 Å². The van der Waals surface area contributed by atoms with Gasteiger partial charge in [-0.3, -0.25) is 9.52 Å². The van der Waals surface area contributed by atoms with Crippen molar-refractivity contribution in [1.29, 1.82) is 0 Å². The highest BCUT2D eigenvalue weighted by Crippen LogP contribution is 2.25. The zero-order valence-electron chi connectivity index (χ0n) is 15.6. The molecule has 3 aromatic carbocycles. The molecule has 0 spiro atoms. The molecule has 0 aliphatic rings. The molecule has 0 fully saturated rings. The fourth-order valence-corrected chi connectivity index (χ4v) is 3.94. The monoisotopic (exact) mass is 478 g/mol. The van der Waals surface area contributed by atoms with Crippen molar-refractivity contribution < 1.29 is 23.1 Å². The molecule has 3 rings (SSSR count). The average Bonchev–Trinajstić information content (AvgIpc) is 2.70. The Balaban J connectivity index is 1.84. The normalized spacial score (nSPS) is 10.9. The van der Waals surface area contributed by atoms with Crippen LogP contribution in [0, 0.1) is 0 Å². The van der Waals surface area contributed by atoms with Crippen LogP contribution in [0.4, 0.5) is 21.9 Å². The zero-order chi connectivity index (χ0) is 22.6. The van der Waals surface area contributed by atoms with Crippen LogP contribution in [0.3, 0.4) is 0 Å². The van der Waals surface area contributed by atoms with Crippen molar-refractivity contribution in [3.63, 3.8) is 0 Å². The topological polar surface area (TPSA) is 127 Å². The Bertz CT molecular complexity index is 1230. The summed E-state index contributed by atoms with van der Waals surface area (Å²) in [6.07, 6.45) is -1.46. The summed E-state index contributed by atoms with van der Waals surface area (Å²) in [6, 6.07) is 15.5. The Morgan fingerprint density at radius 3 is 1.90 bits per heavy atom. The molecular weight excluding hydrogens is 465 g/mol. The van der Waals surface area contributed by atoms with Crippen molar-refractivity contribution >= 4 is 62.3 Å². The maximum atomic E-state index is 12.8. The first-order valence-electron chi connectivity index (χ1n) is 8.61. The van der Waals surface area contributed by atoms with Crippen molar-refractivity contribution in [3.8, 4) is 0 Å². The number of rotatable bonds is 6. The van der Waals surface area contributed by atoms with Gasteiger partial charge in [-0.25, -0.2) is 8.42 Å². The standard InChI is InChI=1S/C20H15Cl2N3O5S/c21-12-1-8-16(9-2-12)31(29,30)25-18-10-3-13(22)11-17(18)19(26)23-14-4-6-15(7-5-14)24-20(27)28/h1-11,24-25H,(H,23,26)(H,27,28)/p-1. The summed E-state index contributed by atoms with van der Waals surface area (Å²) in [7, 11) is -3.99. The fraction of sp³-hybridized carbons (Fsp3) is 0. The highest BCUT2D eigenvalue weighted by Gasteiger charge is 2.19. The first-order valence-corrected chi connectivity index (χ1v) is 10.9. The summed E-state index contributed by atoms with van der Waals surface area (Å²) < 4.78 is 27.7. The third-order valence-electron chi connectivity index (χ3n) is 3.98. The van der Waals surface area contributed by atoms with Crippen molar-refractivity contribution in [2.24, 2.45) is 0 Å². The number of benzene rings is 3. The number of sulfonamides is 1. The van der Waals surface area contributed by atoms with E-state index >= 15 is 0 Å². The van der Waals surface area contributed by atoms with E-state index in [2.05, 4.69) is 15.4 Å². The van der Waals surface area contributed by atoms with E-state index in [1.165, 1.54) is 66.7 Å². The van der Waals surface area contributed by atoms with Crippen LogP contribution < -0.4 is 20.5 Å². The van der Waals surface area contributed by atoms with Crippen LogP contribution in [-0.4, -0.2) is 20.4 Å². The number of carbonyl (C=O) groups is 2. The third kappa shape index (κ3) is 5.88. The van der Waals surface area contributed by atoms with Crippen molar-refractivity contribution in [2.45, 2.75) is 4.90 Å². The van der Waals surface area contributed by atoms with Gasteiger partial charge >= 0.3 is 0 Å². The molecule has 3 N–H and O–H groups in total. The molecule has 0 bridgehead atoms. The summed E-state index contributed by atoms with van der Waals surface area (Å²) in [5.74, 6) is -0.628. The second-order valence-corrected chi connectivity index (χ2v) is 8.75. The second kappa shape index (κ2) is 9.25. The summed E-state index contributed by atoms with van der Waals surface area (Å²) in [4.78, 5) is 23.3. The number of carbonyl (C=O) groups excluding carboxylic acids is 2. The number of carboxylic acid groups (broad SMARTS) is 1. The van der Waals surface area contributed by atoms with E-state index in [9.17, 15) is 23.1 Å². The van der Waals surface area contributed by atoms with Crippen molar-refractivity contribution in [3.05, 3.63) is 82.3 Å². The van der Waals surface area contributed by atoms with E-state index in [0.717, 1.165) is 0 Å². The smallest absolute Gasteiger partial charge is 0.261 e. The third-order valence-corrected chi connectivity index (χ3v) is 5.85. The molecule has 0 saturated carbocycles. The molecule has 0 unspecified atom stereocenters. The van der Waals surface area contributed by atoms with Crippen LogP contribution in [-0.2, 0) is 10.0 Å². The summed E-state index contributed by atoms with van der Waals surface area (Å²) in [5, 5.41) is 15.8. The molecule has 160 valence electrons. The lowest BCUT2D eigenvalue weighted by Gasteiger charge is -2.14. The van der Waals surface area contributed by atoms with Crippen LogP contribution in [0.1, 0.15) is 10.4 Å². The minimum atomic E-state index is -3.99. The van der Waals surface area contributed by atoms with E-state index in [4.69, 9.17) is 23.2 Å². The van der Waals surface area contributed by atoms with Gasteiger partial charge in [0.05, 0.1) is 16.1 Å². The molecular formula is C20H14Cl2N3O5S-. The highest BCUT2D eigenvalue weighted by atomic mass is 35.5. The number of amides is 2. The van der Waals surface area contributed by atoms with Crippen LogP contribution in [0.25, 0.3) is 0 Å². The fourth-order valence-electron chi connectivity index (χ4n) is 2.56. The van der Waals surface area contributed by atoms with Gasteiger partial charge in [-0.15, -0.1) is 0 Å². The lowest BCUT2D eigenvalue weighted by atomic mass is 10.1. The molecule has 0 aromatic heterocycles. The number of hydrogen-bond donors (Lipinski definition) is 3. The Kier molecular flexibility index (Phi) is 6.69. The molecule has 0 aliphatic heterocycles. The lowest BCUT2D eigenvalue weighted by molar-refractivity contribution is -0.242. The predicted molar refractivity (Wildman–Crippen MR) is 117 cm³/mol. The molecule has 0 heterocycles. The van der Waals surface area contributed by atoms with Gasteiger partial charge in [-0.05, 0) is 66.7 Å². The Labute approximate surface area is 187 Å². The minimum Gasteiger partial charge on any atom is -0.530 e. The molecule has 31 heavy (non-hydrogen) atoms. The van der Waals surface area contributed by atoms with E-state index in [1.54, 1.807) is 0 Å². The van der Waals surface area contributed by atoms with Gasteiger partial charge in [0.1, 0.15) is 6.09 Å². The number of anilines is 3. The van der Waals surface area contributed by atoms with Crippen molar-refractivity contribution in [2.75, 3.05) is 15.4 Å². The summed E-state index contributed by atoms with van der Waals surface area (Å²) in [6.45, 7) is 0. The molecule has 0 aliphatic carbocycles. The molecule has 11 heteroatoms. The minimum absolute atomic E-state index is 0.0121. The number of hydrogen-bond acceptors (Lipinski definition) is 5. The zero-order valence-corrected chi connectivity index (χ0v) is 17.9. The van der Waals surface area contributed by atoms with Crippen molar-refractivity contribution in [1.82, 2.24) is 0 Å². The molecule has 2 amide bonds. The largest absolute Gasteiger partial charge is 0.530 e. The number of nitrogens with one attached hydrogen (secondary N) is 3. The average molecular weight is 479 g/mol. The first-order chi connectivity index (χ1) is 14.6. The lowest BCUT2D eigenvalue weighted by Crippen LogP contribution is -2.28. The molecule has 0 atom stereocenters. The van der Waals surface area contributed by atoms with Gasteiger partial charge < -0.3 is 20.5 Å². The summed E-state index contributed by atoms with van der Waals surface area (Å²) >= 11 is 11.8. The molecule has 0 radical (unpaired) electrons. The Hall–Kier alpha value is -3.27. The Morgan fingerprint density at radius 1 is 0.774 bits per heavy atom. The van der Waals surface area contributed by atoms with Crippen LogP contribution in [0.15, 0.2) is 71.6 Å². The van der Waals surface area contributed by atoms with Gasteiger partial charge in [0, 0.05) is 21.4 Å². The summed E-state index contributed by atoms with van der Waals surface area (Å²) in [5.41, 5.74) is 0.617. The maximum Gasteiger partial charge on any atom is 0.261 e.